The number of nitrogens with zero attached hydrogens (tertiary/aromatic N) is 2. The predicted octanol–water partition coefficient (Wildman–Crippen LogP) is 3.28. The zero-order chi connectivity index (χ0) is 12.5. The molecule has 0 saturated carbocycles. The second-order valence-corrected chi connectivity index (χ2v) is 4.31. The van der Waals surface area contributed by atoms with Crippen molar-refractivity contribution in [3.05, 3.63) is 48.5 Å². The molecule has 0 fully saturated rings. The molecular formula is C15H15N3. The fourth-order valence-corrected chi connectivity index (χ4v) is 2.19. The first kappa shape index (κ1) is 10.8. The number of benzene rings is 2. The molecular weight excluding hydrogens is 222 g/mol. The van der Waals surface area contributed by atoms with Crippen molar-refractivity contribution in [3.8, 4) is 11.4 Å². The van der Waals surface area contributed by atoms with Gasteiger partial charge in [0.15, 0.2) is 0 Å². The van der Waals surface area contributed by atoms with Gasteiger partial charge < -0.3 is 9.88 Å². The standard InChI is InChI=1S/C15H15N3/c1-16-12-9-7-11(8-10-12)15-17-13-5-3-4-6-14(13)18(15)2/h3-10,16H,1-2H3. The molecule has 1 heterocycles. The van der Waals surface area contributed by atoms with Crippen LogP contribution in [-0.2, 0) is 7.05 Å². The molecule has 0 aliphatic carbocycles. The van der Waals surface area contributed by atoms with Gasteiger partial charge in [-0.25, -0.2) is 4.98 Å². The summed E-state index contributed by atoms with van der Waals surface area (Å²) >= 11 is 0. The van der Waals surface area contributed by atoms with Crippen molar-refractivity contribution >= 4 is 16.7 Å². The van der Waals surface area contributed by atoms with Crippen LogP contribution in [0.25, 0.3) is 22.4 Å². The number of hydrogen-bond acceptors (Lipinski definition) is 2. The highest BCUT2D eigenvalue weighted by molar-refractivity contribution is 5.80. The summed E-state index contributed by atoms with van der Waals surface area (Å²) in [6, 6.07) is 16.5. The molecule has 0 aliphatic rings. The van der Waals surface area contributed by atoms with Crippen molar-refractivity contribution in [2.45, 2.75) is 0 Å². The minimum atomic E-state index is 0.999. The lowest BCUT2D eigenvalue weighted by molar-refractivity contribution is 0.959. The van der Waals surface area contributed by atoms with Crippen LogP contribution in [0.1, 0.15) is 0 Å². The Bertz CT molecular complexity index is 681. The number of anilines is 1. The van der Waals surface area contributed by atoms with E-state index in [1.807, 2.05) is 25.2 Å². The molecule has 2 aromatic carbocycles. The third-order valence-electron chi connectivity index (χ3n) is 3.22. The maximum atomic E-state index is 4.68. The molecule has 0 atom stereocenters. The largest absolute Gasteiger partial charge is 0.388 e. The summed E-state index contributed by atoms with van der Waals surface area (Å²) in [5.74, 6) is 0.999. The molecule has 1 aromatic heterocycles. The number of aromatic nitrogens is 2. The molecule has 18 heavy (non-hydrogen) atoms. The Morgan fingerprint density at radius 1 is 1.00 bits per heavy atom. The molecule has 0 spiro atoms. The van der Waals surface area contributed by atoms with Crippen molar-refractivity contribution in [2.75, 3.05) is 12.4 Å². The number of rotatable bonds is 2. The summed E-state index contributed by atoms with van der Waals surface area (Å²) in [6.07, 6.45) is 0. The highest BCUT2D eigenvalue weighted by atomic mass is 15.1. The SMILES string of the molecule is CNc1ccc(-c2nc3ccccc3n2C)cc1. The van der Waals surface area contributed by atoms with E-state index < -0.39 is 0 Å². The smallest absolute Gasteiger partial charge is 0.140 e. The Kier molecular flexibility index (Phi) is 2.52. The summed E-state index contributed by atoms with van der Waals surface area (Å²) in [4.78, 5) is 4.68. The maximum absolute atomic E-state index is 4.68. The molecule has 0 aliphatic heterocycles. The Balaban J connectivity index is 2.15. The first-order chi connectivity index (χ1) is 8.79. The summed E-state index contributed by atoms with van der Waals surface area (Å²) in [5.41, 5.74) is 4.43. The summed E-state index contributed by atoms with van der Waals surface area (Å²) in [6.45, 7) is 0. The lowest BCUT2D eigenvalue weighted by Crippen LogP contribution is -1.93. The minimum Gasteiger partial charge on any atom is -0.388 e. The maximum Gasteiger partial charge on any atom is 0.140 e. The van der Waals surface area contributed by atoms with Gasteiger partial charge in [-0.3, -0.25) is 0 Å². The first-order valence-corrected chi connectivity index (χ1v) is 5.99. The van der Waals surface area contributed by atoms with Gasteiger partial charge in [0.05, 0.1) is 11.0 Å². The van der Waals surface area contributed by atoms with Crippen molar-refractivity contribution in [1.29, 1.82) is 0 Å². The van der Waals surface area contributed by atoms with Crippen LogP contribution >= 0.6 is 0 Å². The van der Waals surface area contributed by atoms with Crippen molar-refractivity contribution in [1.82, 2.24) is 9.55 Å². The van der Waals surface area contributed by atoms with Gasteiger partial charge in [-0.05, 0) is 36.4 Å². The first-order valence-electron chi connectivity index (χ1n) is 5.99. The normalized spacial score (nSPS) is 10.8. The number of para-hydroxylation sites is 2. The number of aryl methyl sites for hydroxylation is 1. The average molecular weight is 237 g/mol. The zero-order valence-electron chi connectivity index (χ0n) is 10.5. The van der Waals surface area contributed by atoms with E-state index >= 15 is 0 Å². The van der Waals surface area contributed by atoms with E-state index in [2.05, 4.69) is 52.2 Å². The monoisotopic (exact) mass is 237 g/mol. The molecule has 0 unspecified atom stereocenters. The van der Waals surface area contributed by atoms with Crippen LogP contribution < -0.4 is 5.32 Å². The number of fused-ring (bicyclic) bond motifs is 1. The summed E-state index contributed by atoms with van der Waals surface area (Å²) in [5, 5.41) is 3.12. The van der Waals surface area contributed by atoms with Gasteiger partial charge in [0.2, 0.25) is 0 Å². The van der Waals surface area contributed by atoms with Crippen LogP contribution in [0.4, 0.5) is 5.69 Å². The van der Waals surface area contributed by atoms with Crippen molar-refractivity contribution in [2.24, 2.45) is 7.05 Å². The minimum absolute atomic E-state index is 0.999. The second-order valence-electron chi connectivity index (χ2n) is 4.31. The summed E-state index contributed by atoms with van der Waals surface area (Å²) < 4.78 is 2.13. The highest BCUT2D eigenvalue weighted by Gasteiger charge is 2.08. The Morgan fingerprint density at radius 3 is 2.39 bits per heavy atom. The van der Waals surface area contributed by atoms with Crippen molar-refractivity contribution < 1.29 is 0 Å². The third-order valence-corrected chi connectivity index (χ3v) is 3.22. The highest BCUT2D eigenvalue weighted by Crippen LogP contribution is 2.24. The van der Waals surface area contributed by atoms with E-state index in [0.29, 0.717) is 0 Å². The zero-order valence-corrected chi connectivity index (χ0v) is 10.5. The van der Waals surface area contributed by atoms with Gasteiger partial charge in [-0.15, -0.1) is 0 Å². The molecule has 0 bridgehead atoms. The van der Waals surface area contributed by atoms with E-state index in [0.717, 1.165) is 28.1 Å². The molecule has 3 rings (SSSR count). The van der Waals surface area contributed by atoms with Gasteiger partial charge in [-0.2, -0.15) is 0 Å². The quantitative estimate of drug-likeness (QED) is 0.741. The van der Waals surface area contributed by atoms with Gasteiger partial charge in [0.25, 0.3) is 0 Å². The molecule has 90 valence electrons. The van der Waals surface area contributed by atoms with E-state index in [1.165, 1.54) is 0 Å². The predicted molar refractivity (Wildman–Crippen MR) is 75.7 cm³/mol. The van der Waals surface area contributed by atoms with E-state index in [4.69, 9.17) is 0 Å². The van der Waals surface area contributed by atoms with Crippen LogP contribution in [0.5, 0.6) is 0 Å². The Labute approximate surface area is 106 Å². The average Bonchev–Trinajstić information content (AvgIpc) is 2.77. The molecule has 0 amide bonds. The molecule has 3 aromatic rings. The fourth-order valence-electron chi connectivity index (χ4n) is 2.19. The number of imidazole rings is 1. The van der Waals surface area contributed by atoms with Gasteiger partial charge in [-0.1, -0.05) is 12.1 Å². The molecule has 3 heteroatoms. The lowest BCUT2D eigenvalue weighted by Gasteiger charge is -2.04. The number of nitrogens with one attached hydrogen (secondary N) is 1. The summed E-state index contributed by atoms with van der Waals surface area (Å²) in [7, 11) is 3.97. The van der Waals surface area contributed by atoms with Gasteiger partial charge >= 0.3 is 0 Å². The number of hydrogen-bond donors (Lipinski definition) is 1. The topological polar surface area (TPSA) is 29.9 Å². The van der Waals surface area contributed by atoms with Crippen LogP contribution in [-0.4, -0.2) is 16.6 Å². The fraction of sp³-hybridized carbons (Fsp3) is 0.133. The van der Waals surface area contributed by atoms with Crippen LogP contribution in [0, 0.1) is 0 Å². The molecule has 3 nitrogen and oxygen atoms in total. The van der Waals surface area contributed by atoms with Gasteiger partial charge in [0, 0.05) is 25.3 Å². The van der Waals surface area contributed by atoms with Crippen LogP contribution in [0.3, 0.4) is 0 Å². The molecule has 0 saturated heterocycles. The molecule has 1 N–H and O–H groups in total. The van der Waals surface area contributed by atoms with E-state index in [-0.39, 0.29) is 0 Å². The third kappa shape index (κ3) is 1.64. The second kappa shape index (κ2) is 4.18. The Morgan fingerprint density at radius 2 is 1.72 bits per heavy atom. The Hall–Kier alpha value is -2.29. The molecule has 0 radical (unpaired) electrons. The lowest BCUT2D eigenvalue weighted by atomic mass is 10.2. The van der Waals surface area contributed by atoms with Crippen molar-refractivity contribution in [3.63, 3.8) is 0 Å². The van der Waals surface area contributed by atoms with Gasteiger partial charge in [0.1, 0.15) is 5.82 Å². The van der Waals surface area contributed by atoms with E-state index in [1.54, 1.807) is 0 Å². The van der Waals surface area contributed by atoms with Crippen LogP contribution in [0.2, 0.25) is 0 Å². The van der Waals surface area contributed by atoms with E-state index in [9.17, 15) is 0 Å². The van der Waals surface area contributed by atoms with Crippen LogP contribution in [0.15, 0.2) is 48.5 Å².